The van der Waals surface area contributed by atoms with E-state index in [0.29, 0.717) is 22.9 Å². The van der Waals surface area contributed by atoms with Crippen molar-refractivity contribution < 1.29 is 9.72 Å². The maximum atomic E-state index is 12.3. The van der Waals surface area contributed by atoms with Gasteiger partial charge in [0.1, 0.15) is 5.52 Å². The Kier molecular flexibility index (Phi) is 4.47. The highest BCUT2D eigenvalue weighted by Gasteiger charge is 2.29. The zero-order valence-corrected chi connectivity index (χ0v) is 15.2. The molecule has 26 heavy (non-hydrogen) atoms. The number of benzene rings is 1. The van der Waals surface area contributed by atoms with Crippen molar-refractivity contribution in [1.82, 2.24) is 4.98 Å². The van der Waals surface area contributed by atoms with Crippen LogP contribution >= 0.6 is 0 Å². The van der Waals surface area contributed by atoms with Gasteiger partial charge in [-0.25, -0.2) is 4.98 Å². The summed E-state index contributed by atoms with van der Waals surface area (Å²) >= 11 is 0. The number of carbonyl (C=O) groups is 1. The molecule has 0 radical (unpaired) electrons. The zero-order chi connectivity index (χ0) is 18.3. The molecule has 0 amide bonds. The Morgan fingerprint density at radius 1 is 1.08 bits per heavy atom. The quantitative estimate of drug-likeness (QED) is 0.404. The van der Waals surface area contributed by atoms with Crippen molar-refractivity contribution in [3.8, 4) is 0 Å². The highest BCUT2D eigenvalue weighted by molar-refractivity contribution is 6.04. The number of aromatic nitrogens is 1. The number of hydrogen-bond acceptors (Lipinski definition) is 4. The summed E-state index contributed by atoms with van der Waals surface area (Å²) in [5, 5.41) is 12.5. The minimum atomic E-state index is -0.390. The first kappa shape index (κ1) is 17.1. The Morgan fingerprint density at radius 2 is 1.69 bits per heavy atom. The summed E-state index contributed by atoms with van der Waals surface area (Å²) in [7, 11) is 0. The fourth-order valence-corrected chi connectivity index (χ4v) is 4.85. The second-order valence-corrected chi connectivity index (χ2v) is 7.77. The minimum Gasteiger partial charge on any atom is -0.294 e. The van der Waals surface area contributed by atoms with Crippen LogP contribution in [0.3, 0.4) is 0 Å². The number of ketones is 1. The van der Waals surface area contributed by atoms with Crippen molar-refractivity contribution >= 4 is 22.4 Å². The van der Waals surface area contributed by atoms with Gasteiger partial charge in [0.25, 0.3) is 5.69 Å². The highest BCUT2D eigenvalue weighted by Crippen LogP contribution is 2.43. The van der Waals surface area contributed by atoms with Gasteiger partial charge in [-0.3, -0.25) is 14.9 Å². The molecular formula is C21H24N2O3. The van der Waals surface area contributed by atoms with Crippen LogP contribution in [0.1, 0.15) is 91.7 Å². The SMILES string of the molecule is CC(=O)c1cc([N+](=O)[O-])c2nc(C3CCCC3)ccc2c1C1CCCC1. The Bertz CT molecular complexity index is 878. The van der Waals surface area contributed by atoms with Crippen LogP contribution in [0.25, 0.3) is 10.9 Å². The second-order valence-electron chi connectivity index (χ2n) is 7.77. The third-order valence-corrected chi connectivity index (χ3v) is 6.13. The van der Waals surface area contributed by atoms with Gasteiger partial charge < -0.3 is 0 Å². The molecule has 2 saturated carbocycles. The molecule has 136 valence electrons. The summed E-state index contributed by atoms with van der Waals surface area (Å²) in [5.74, 6) is 0.606. The summed E-state index contributed by atoms with van der Waals surface area (Å²) in [5.41, 5.74) is 2.89. The Morgan fingerprint density at radius 3 is 2.27 bits per heavy atom. The van der Waals surface area contributed by atoms with Gasteiger partial charge in [-0.05, 0) is 50.2 Å². The van der Waals surface area contributed by atoms with Gasteiger partial charge in [0.15, 0.2) is 5.78 Å². The predicted molar refractivity (Wildman–Crippen MR) is 101 cm³/mol. The summed E-state index contributed by atoms with van der Waals surface area (Å²) in [6, 6.07) is 5.50. The van der Waals surface area contributed by atoms with Gasteiger partial charge in [0.05, 0.1) is 4.92 Å². The zero-order valence-electron chi connectivity index (χ0n) is 15.2. The number of rotatable bonds is 4. The van der Waals surface area contributed by atoms with E-state index in [4.69, 9.17) is 4.98 Å². The van der Waals surface area contributed by atoms with Crippen molar-refractivity contribution in [3.05, 3.63) is 45.1 Å². The third-order valence-electron chi connectivity index (χ3n) is 6.13. The fraction of sp³-hybridized carbons (Fsp3) is 0.524. The summed E-state index contributed by atoms with van der Waals surface area (Å²) in [6.45, 7) is 1.50. The molecule has 0 N–H and O–H groups in total. The van der Waals surface area contributed by atoms with Crippen LogP contribution in [-0.2, 0) is 0 Å². The van der Waals surface area contributed by atoms with Crippen LogP contribution in [-0.4, -0.2) is 15.7 Å². The fourth-order valence-electron chi connectivity index (χ4n) is 4.85. The molecule has 0 aliphatic heterocycles. The lowest BCUT2D eigenvalue weighted by Gasteiger charge is -2.18. The number of nitro groups is 1. The van der Waals surface area contributed by atoms with E-state index in [1.807, 2.05) is 12.1 Å². The molecule has 0 unspecified atom stereocenters. The van der Waals surface area contributed by atoms with Gasteiger partial charge >= 0.3 is 0 Å². The van der Waals surface area contributed by atoms with Crippen LogP contribution in [0.15, 0.2) is 18.2 Å². The first-order valence-electron chi connectivity index (χ1n) is 9.69. The molecule has 0 bridgehead atoms. The molecule has 5 heteroatoms. The number of hydrogen-bond donors (Lipinski definition) is 0. The van der Waals surface area contributed by atoms with Gasteiger partial charge in [0.2, 0.25) is 0 Å². The predicted octanol–water partition coefficient (Wildman–Crippen LogP) is 5.66. The molecular weight excluding hydrogens is 328 g/mol. The first-order chi connectivity index (χ1) is 12.6. The van der Waals surface area contributed by atoms with Crippen molar-refractivity contribution in [2.45, 2.75) is 70.1 Å². The lowest BCUT2D eigenvalue weighted by Crippen LogP contribution is -2.08. The molecule has 2 fully saturated rings. The third kappa shape index (κ3) is 2.89. The molecule has 4 rings (SSSR count). The molecule has 1 heterocycles. The van der Waals surface area contributed by atoms with Crippen LogP contribution < -0.4 is 0 Å². The van der Waals surface area contributed by atoms with E-state index >= 15 is 0 Å². The van der Waals surface area contributed by atoms with E-state index in [1.165, 1.54) is 25.8 Å². The maximum absolute atomic E-state index is 12.3. The average molecular weight is 352 g/mol. The van der Waals surface area contributed by atoms with Gasteiger partial charge in [-0.1, -0.05) is 31.7 Å². The van der Waals surface area contributed by atoms with Crippen molar-refractivity contribution in [3.63, 3.8) is 0 Å². The maximum Gasteiger partial charge on any atom is 0.296 e. The van der Waals surface area contributed by atoms with E-state index in [2.05, 4.69) is 0 Å². The van der Waals surface area contributed by atoms with Crippen LogP contribution in [0.5, 0.6) is 0 Å². The molecule has 2 aliphatic rings. The number of Topliss-reactive ketones (excluding diaryl/α,β-unsaturated/α-hetero) is 1. The number of nitro benzene ring substituents is 1. The van der Waals surface area contributed by atoms with E-state index in [0.717, 1.165) is 55.2 Å². The number of fused-ring (bicyclic) bond motifs is 1. The smallest absolute Gasteiger partial charge is 0.294 e. The molecule has 0 spiro atoms. The topological polar surface area (TPSA) is 73.1 Å². The monoisotopic (exact) mass is 352 g/mol. The lowest BCUT2D eigenvalue weighted by atomic mass is 9.87. The highest BCUT2D eigenvalue weighted by atomic mass is 16.6. The van der Waals surface area contributed by atoms with Gasteiger partial charge in [0, 0.05) is 28.6 Å². The molecule has 2 aromatic rings. The van der Waals surface area contributed by atoms with E-state index < -0.39 is 4.92 Å². The van der Waals surface area contributed by atoms with E-state index in [-0.39, 0.29) is 11.5 Å². The van der Waals surface area contributed by atoms with E-state index in [1.54, 1.807) is 0 Å². The van der Waals surface area contributed by atoms with E-state index in [9.17, 15) is 14.9 Å². The van der Waals surface area contributed by atoms with Gasteiger partial charge in [-0.2, -0.15) is 0 Å². The number of pyridine rings is 1. The molecule has 5 nitrogen and oxygen atoms in total. The van der Waals surface area contributed by atoms with Crippen LogP contribution in [0, 0.1) is 10.1 Å². The molecule has 0 saturated heterocycles. The van der Waals surface area contributed by atoms with Crippen molar-refractivity contribution in [2.24, 2.45) is 0 Å². The molecule has 1 aromatic carbocycles. The summed E-state index contributed by atoms with van der Waals surface area (Å²) < 4.78 is 0. The van der Waals surface area contributed by atoms with Crippen molar-refractivity contribution in [2.75, 3.05) is 0 Å². The normalized spacial score (nSPS) is 18.7. The Balaban J connectivity index is 1.97. The van der Waals surface area contributed by atoms with Gasteiger partial charge in [-0.15, -0.1) is 0 Å². The van der Waals surface area contributed by atoms with Crippen LogP contribution in [0.4, 0.5) is 5.69 Å². The number of carbonyl (C=O) groups excluding carboxylic acids is 1. The minimum absolute atomic E-state index is 0.0354. The second kappa shape index (κ2) is 6.78. The Hall–Kier alpha value is -2.30. The lowest BCUT2D eigenvalue weighted by molar-refractivity contribution is -0.383. The van der Waals surface area contributed by atoms with Crippen LogP contribution in [0.2, 0.25) is 0 Å². The summed E-state index contributed by atoms with van der Waals surface area (Å²) in [4.78, 5) is 28.4. The molecule has 2 aliphatic carbocycles. The molecule has 0 atom stereocenters. The molecule has 1 aromatic heterocycles. The Labute approximate surface area is 153 Å². The summed E-state index contributed by atoms with van der Waals surface area (Å²) in [6.07, 6.45) is 8.98. The first-order valence-corrected chi connectivity index (χ1v) is 9.69. The number of non-ortho nitro benzene ring substituents is 1. The number of nitrogens with zero attached hydrogens (tertiary/aromatic N) is 2. The standard InChI is InChI=1S/C21H24N2O3/c1-13(24)17-12-19(23(25)26)21-16(20(17)15-8-4-5-9-15)10-11-18(22-21)14-6-2-3-7-14/h10-12,14-15H,2-9H2,1H3. The average Bonchev–Trinajstić information content (AvgIpc) is 3.33. The van der Waals surface area contributed by atoms with Crippen molar-refractivity contribution in [1.29, 1.82) is 0 Å². The largest absolute Gasteiger partial charge is 0.296 e.